The van der Waals surface area contributed by atoms with Gasteiger partial charge in [0, 0.05) is 12.8 Å². The Morgan fingerprint density at radius 2 is 0.826 bits per heavy atom. The number of aliphatic hydroxyl groups excluding tert-OH is 7. The summed E-state index contributed by atoms with van der Waals surface area (Å²) in [5, 5.41) is 72.2. The van der Waals surface area contributed by atoms with Crippen molar-refractivity contribution in [3.05, 3.63) is 12.2 Å². The Labute approximate surface area is 416 Å². The van der Waals surface area contributed by atoms with E-state index >= 15 is 0 Å². The van der Waals surface area contributed by atoms with E-state index in [1.165, 1.54) is 135 Å². The number of rotatable bonds is 44. The predicted octanol–water partition coefficient (Wildman–Crippen LogP) is 8.55. The monoisotopic (exact) mass is 989 g/mol. The first-order valence-corrected chi connectivity index (χ1v) is 27.8. The molecule has 2 heterocycles. The lowest BCUT2D eigenvalue weighted by atomic mass is 9.98. The van der Waals surface area contributed by atoms with E-state index in [0.717, 1.165) is 51.4 Å². The molecule has 2 aliphatic heterocycles. The first-order valence-electron chi connectivity index (χ1n) is 27.8. The van der Waals surface area contributed by atoms with Crippen LogP contribution in [-0.2, 0) is 38.0 Å². The maximum absolute atomic E-state index is 13.0. The van der Waals surface area contributed by atoms with Gasteiger partial charge in [0.25, 0.3) is 0 Å². The molecule has 2 saturated heterocycles. The van der Waals surface area contributed by atoms with Crippen molar-refractivity contribution >= 4 is 11.9 Å². The lowest BCUT2D eigenvalue weighted by Crippen LogP contribution is -2.61. The number of aliphatic hydroxyl groups is 7. The molecule has 15 nitrogen and oxygen atoms in total. The van der Waals surface area contributed by atoms with Crippen molar-refractivity contribution in [2.24, 2.45) is 0 Å². The van der Waals surface area contributed by atoms with Crippen LogP contribution >= 0.6 is 0 Å². The van der Waals surface area contributed by atoms with Gasteiger partial charge in [-0.05, 0) is 38.5 Å². The van der Waals surface area contributed by atoms with Crippen LogP contribution in [0.5, 0.6) is 0 Å². The van der Waals surface area contributed by atoms with Crippen molar-refractivity contribution in [1.29, 1.82) is 0 Å². The van der Waals surface area contributed by atoms with E-state index in [2.05, 4.69) is 26.0 Å². The van der Waals surface area contributed by atoms with Crippen LogP contribution < -0.4 is 0 Å². The van der Waals surface area contributed by atoms with Gasteiger partial charge in [0.15, 0.2) is 18.7 Å². The number of carbonyl (C=O) groups excluding carboxylic acids is 2. The summed E-state index contributed by atoms with van der Waals surface area (Å²) in [4.78, 5) is 25.8. The Morgan fingerprint density at radius 1 is 0.449 bits per heavy atom. The fourth-order valence-corrected chi connectivity index (χ4v) is 8.92. The Bertz CT molecular complexity index is 1250. The van der Waals surface area contributed by atoms with Crippen LogP contribution in [0.25, 0.3) is 0 Å². The molecule has 0 aromatic heterocycles. The smallest absolute Gasteiger partial charge is 0.306 e. The van der Waals surface area contributed by atoms with Crippen molar-refractivity contribution in [2.45, 2.75) is 293 Å². The molecule has 0 spiro atoms. The summed E-state index contributed by atoms with van der Waals surface area (Å²) in [6.45, 7) is 2.62. The number of allylic oxidation sites excluding steroid dienone is 2. The summed E-state index contributed by atoms with van der Waals surface area (Å²) < 4.78 is 33.7. The minimum absolute atomic E-state index is 0.165. The van der Waals surface area contributed by atoms with E-state index < -0.39 is 92.7 Å². The van der Waals surface area contributed by atoms with Crippen LogP contribution in [-0.4, -0.2) is 142 Å². The molecular formula is C54H100O15. The van der Waals surface area contributed by atoms with E-state index in [1.54, 1.807) is 0 Å². The van der Waals surface area contributed by atoms with E-state index in [-0.39, 0.29) is 26.1 Å². The van der Waals surface area contributed by atoms with Gasteiger partial charge in [-0.3, -0.25) is 9.59 Å². The highest BCUT2D eigenvalue weighted by Crippen LogP contribution is 2.27. The molecule has 0 radical (unpaired) electrons. The average molecular weight is 989 g/mol. The van der Waals surface area contributed by atoms with Crippen LogP contribution in [0.1, 0.15) is 226 Å². The van der Waals surface area contributed by atoms with Crippen LogP contribution in [0, 0.1) is 0 Å². The third-order valence-corrected chi connectivity index (χ3v) is 13.5. The van der Waals surface area contributed by atoms with Gasteiger partial charge < -0.3 is 64.2 Å². The fraction of sp³-hybridized carbons (Fsp3) is 0.926. The number of hydrogen-bond donors (Lipinski definition) is 7. The molecule has 11 atom stereocenters. The molecule has 15 heteroatoms. The molecule has 0 amide bonds. The SMILES string of the molecule is CCCCCCCCC/C=C\CCCCCCCCCC(=O)OC(COC(=O)CCCCCCCCCCCCCCCCC)COC1OC(COC2OC(CO)C(O)C(O)C2O)C(O)C(O)C1O. The molecule has 69 heavy (non-hydrogen) atoms. The minimum atomic E-state index is -1.76. The lowest BCUT2D eigenvalue weighted by Gasteiger charge is -2.42. The normalized spacial score (nSPS) is 25.6. The quantitative estimate of drug-likeness (QED) is 0.0172. The molecule has 2 aliphatic rings. The largest absolute Gasteiger partial charge is 0.462 e. The summed E-state index contributed by atoms with van der Waals surface area (Å²) in [5.41, 5.74) is 0. The average Bonchev–Trinajstić information content (AvgIpc) is 3.34. The number of unbranched alkanes of at least 4 members (excludes halogenated alkanes) is 28. The predicted molar refractivity (Wildman–Crippen MR) is 266 cm³/mol. The topological polar surface area (TPSA) is 231 Å². The molecular weight excluding hydrogens is 889 g/mol. The number of carbonyl (C=O) groups is 2. The standard InChI is InChI=1S/C54H100O15/c1-3-5-7-9-11-13-15-17-19-20-21-23-25-27-29-31-33-35-37-46(57)67-42(39-64-45(56)36-34-32-30-28-26-24-22-18-16-14-12-10-8-6-4-2)40-65-53-52(63)50(61)48(59)44(69-53)41-66-54-51(62)49(60)47(58)43(38-55)68-54/h19-20,42-44,47-55,58-63H,3-18,21-41H2,1-2H3/b20-19-. The van der Waals surface area contributed by atoms with Crippen LogP contribution in [0.15, 0.2) is 12.2 Å². The lowest BCUT2D eigenvalue weighted by molar-refractivity contribution is -0.332. The van der Waals surface area contributed by atoms with Gasteiger partial charge in [-0.1, -0.05) is 187 Å². The summed E-state index contributed by atoms with van der Waals surface area (Å²) in [5.74, 6) is -0.917. The first kappa shape index (κ1) is 63.4. The first-order chi connectivity index (χ1) is 33.5. The highest BCUT2D eigenvalue weighted by atomic mass is 16.7. The highest BCUT2D eigenvalue weighted by molar-refractivity contribution is 5.70. The van der Waals surface area contributed by atoms with E-state index in [1.807, 2.05) is 0 Å². The fourth-order valence-electron chi connectivity index (χ4n) is 8.92. The summed E-state index contributed by atoms with van der Waals surface area (Å²) in [6.07, 6.45) is 25.2. The molecule has 11 unspecified atom stereocenters. The third-order valence-electron chi connectivity index (χ3n) is 13.5. The molecule has 7 N–H and O–H groups in total. The molecule has 0 aromatic carbocycles. The van der Waals surface area contributed by atoms with Crippen molar-refractivity contribution in [2.75, 3.05) is 26.4 Å². The molecule has 0 bridgehead atoms. The van der Waals surface area contributed by atoms with E-state index in [9.17, 15) is 45.3 Å². The molecule has 406 valence electrons. The number of esters is 2. The third kappa shape index (κ3) is 29.5. The zero-order valence-electron chi connectivity index (χ0n) is 43.1. The van der Waals surface area contributed by atoms with Crippen molar-refractivity contribution in [3.8, 4) is 0 Å². The van der Waals surface area contributed by atoms with Crippen LogP contribution in [0.3, 0.4) is 0 Å². The summed E-state index contributed by atoms with van der Waals surface area (Å²) in [7, 11) is 0. The second kappa shape index (κ2) is 41.7. The zero-order chi connectivity index (χ0) is 50.3. The Morgan fingerprint density at radius 3 is 1.28 bits per heavy atom. The van der Waals surface area contributed by atoms with Crippen molar-refractivity contribution in [1.82, 2.24) is 0 Å². The van der Waals surface area contributed by atoms with Gasteiger partial charge in [0.05, 0.1) is 19.8 Å². The maximum Gasteiger partial charge on any atom is 0.306 e. The van der Waals surface area contributed by atoms with Crippen LogP contribution in [0.4, 0.5) is 0 Å². The Kier molecular flexibility index (Phi) is 38.3. The highest BCUT2D eigenvalue weighted by Gasteiger charge is 2.47. The van der Waals surface area contributed by atoms with Gasteiger partial charge in [0.1, 0.15) is 55.4 Å². The molecule has 0 aliphatic carbocycles. The number of hydrogen-bond acceptors (Lipinski definition) is 15. The maximum atomic E-state index is 13.0. The second-order valence-electron chi connectivity index (χ2n) is 19.8. The van der Waals surface area contributed by atoms with Crippen LogP contribution in [0.2, 0.25) is 0 Å². The summed E-state index contributed by atoms with van der Waals surface area (Å²) >= 11 is 0. The van der Waals surface area contributed by atoms with Crippen molar-refractivity contribution in [3.63, 3.8) is 0 Å². The summed E-state index contributed by atoms with van der Waals surface area (Å²) in [6, 6.07) is 0. The zero-order valence-corrected chi connectivity index (χ0v) is 43.1. The Balaban J connectivity index is 1.78. The van der Waals surface area contributed by atoms with Gasteiger partial charge in [0.2, 0.25) is 0 Å². The molecule has 2 fully saturated rings. The van der Waals surface area contributed by atoms with E-state index in [0.29, 0.717) is 12.8 Å². The van der Waals surface area contributed by atoms with Gasteiger partial charge in [-0.15, -0.1) is 0 Å². The second-order valence-corrected chi connectivity index (χ2v) is 19.8. The molecule has 2 rings (SSSR count). The molecule has 0 saturated carbocycles. The van der Waals surface area contributed by atoms with E-state index in [4.69, 9.17) is 28.4 Å². The molecule has 0 aromatic rings. The Hall–Kier alpha value is -1.76. The van der Waals surface area contributed by atoms with Gasteiger partial charge in [-0.2, -0.15) is 0 Å². The van der Waals surface area contributed by atoms with Gasteiger partial charge in [-0.25, -0.2) is 0 Å². The minimum Gasteiger partial charge on any atom is -0.462 e. The van der Waals surface area contributed by atoms with Gasteiger partial charge >= 0.3 is 11.9 Å². The van der Waals surface area contributed by atoms with Crippen molar-refractivity contribution < 1.29 is 73.8 Å². The number of ether oxygens (including phenoxy) is 6.